The van der Waals surface area contributed by atoms with Crippen molar-refractivity contribution in [2.75, 3.05) is 11.0 Å². The zero-order valence-corrected chi connectivity index (χ0v) is 19.5. The number of carbonyl (C=O) groups excluding carboxylic acids is 1. The smallest absolute Gasteiger partial charge is 0.253 e. The van der Waals surface area contributed by atoms with E-state index in [1.54, 1.807) is 11.8 Å². The van der Waals surface area contributed by atoms with E-state index in [9.17, 15) is 10.1 Å². The van der Waals surface area contributed by atoms with Crippen LogP contribution in [0, 0.1) is 16.7 Å². The second-order valence-electron chi connectivity index (χ2n) is 9.55. The van der Waals surface area contributed by atoms with Gasteiger partial charge in [-0.05, 0) is 84.8 Å². The second-order valence-corrected chi connectivity index (χ2v) is 11.3. The molecular formula is C24H27N3OS2. The van der Waals surface area contributed by atoms with Crippen molar-refractivity contribution in [2.24, 2.45) is 5.41 Å². The fourth-order valence-corrected chi connectivity index (χ4v) is 5.48. The minimum absolute atomic E-state index is 0.0108. The van der Waals surface area contributed by atoms with Gasteiger partial charge >= 0.3 is 0 Å². The minimum atomic E-state index is -0.177. The van der Waals surface area contributed by atoms with Crippen molar-refractivity contribution < 1.29 is 4.79 Å². The summed E-state index contributed by atoms with van der Waals surface area (Å²) < 4.78 is 3.41. The van der Waals surface area contributed by atoms with Gasteiger partial charge in [-0.2, -0.15) is 5.26 Å². The number of benzene rings is 2. The Hall–Kier alpha value is -2.10. The van der Waals surface area contributed by atoms with Crippen molar-refractivity contribution in [3.8, 4) is 6.07 Å². The fraction of sp³-hybridized carbons (Fsp3) is 0.417. The standard InChI is InChI=1S/C24H27N3OS2/c1-22(2,3)16-5-10-19(21(28)26-24-12-23(13-24,14-24)15-25)20(11-16)27-30-18-8-6-17(29-4)7-9-18/h5-11,27H,12-14H2,1-4H3,(H,26,28). The number of nitrogens with zero attached hydrogens (tertiary/aromatic N) is 1. The lowest BCUT2D eigenvalue weighted by Crippen LogP contribution is -2.74. The monoisotopic (exact) mass is 437 g/mol. The van der Waals surface area contributed by atoms with Gasteiger partial charge in [0.1, 0.15) is 0 Å². The molecule has 6 heteroatoms. The lowest BCUT2D eigenvalue weighted by atomic mass is 9.40. The maximum atomic E-state index is 13.1. The van der Waals surface area contributed by atoms with E-state index < -0.39 is 0 Å². The average Bonchev–Trinajstić information content (AvgIpc) is 2.67. The first kappa shape index (κ1) is 21.1. The zero-order valence-electron chi connectivity index (χ0n) is 17.8. The number of nitriles is 1. The minimum Gasteiger partial charge on any atom is -0.346 e. The fourth-order valence-electron chi connectivity index (χ4n) is 4.40. The molecule has 3 aliphatic rings. The molecule has 0 atom stereocenters. The molecule has 2 aromatic carbocycles. The predicted molar refractivity (Wildman–Crippen MR) is 125 cm³/mol. The molecule has 0 unspecified atom stereocenters. The molecule has 3 aliphatic carbocycles. The van der Waals surface area contributed by atoms with E-state index >= 15 is 0 Å². The van der Waals surface area contributed by atoms with E-state index in [2.05, 4.69) is 73.5 Å². The highest BCUT2D eigenvalue weighted by Gasteiger charge is 2.69. The summed E-state index contributed by atoms with van der Waals surface area (Å²) in [6.07, 6.45) is 4.40. The number of rotatable bonds is 6. The number of thioether (sulfide) groups is 1. The normalized spacial score (nSPS) is 24.2. The molecule has 1 amide bonds. The Morgan fingerprint density at radius 3 is 2.27 bits per heavy atom. The van der Waals surface area contributed by atoms with Crippen LogP contribution in [0.25, 0.3) is 0 Å². The number of hydrogen-bond acceptors (Lipinski definition) is 5. The van der Waals surface area contributed by atoms with Crippen molar-refractivity contribution in [1.29, 1.82) is 5.26 Å². The molecule has 4 nitrogen and oxygen atoms in total. The van der Waals surface area contributed by atoms with E-state index in [1.807, 2.05) is 12.1 Å². The van der Waals surface area contributed by atoms with E-state index in [1.165, 1.54) is 22.4 Å². The summed E-state index contributed by atoms with van der Waals surface area (Å²) in [5.41, 5.74) is 2.28. The van der Waals surface area contributed by atoms with Crippen LogP contribution in [0.4, 0.5) is 5.69 Å². The Morgan fingerprint density at radius 1 is 1.07 bits per heavy atom. The number of amides is 1. The van der Waals surface area contributed by atoms with Gasteiger partial charge in [0, 0.05) is 15.3 Å². The zero-order chi connectivity index (χ0) is 21.6. The Bertz CT molecular complexity index is 998. The van der Waals surface area contributed by atoms with Gasteiger partial charge in [0.2, 0.25) is 0 Å². The first-order chi connectivity index (χ1) is 14.2. The first-order valence-corrected chi connectivity index (χ1v) is 12.2. The molecule has 0 spiro atoms. The molecule has 0 saturated heterocycles. The largest absolute Gasteiger partial charge is 0.346 e. The highest BCUT2D eigenvalue weighted by Crippen LogP contribution is 2.66. The third-order valence-corrected chi connectivity index (χ3v) is 7.69. The number of carbonyl (C=O) groups is 1. The van der Waals surface area contributed by atoms with Crippen molar-refractivity contribution in [3.63, 3.8) is 0 Å². The Balaban J connectivity index is 1.53. The van der Waals surface area contributed by atoms with E-state index in [0.29, 0.717) is 5.56 Å². The van der Waals surface area contributed by atoms with Crippen molar-refractivity contribution in [1.82, 2.24) is 5.32 Å². The van der Waals surface area contributed by atoms with Crippen LogP contribution in [0.2, 0.25) is 0 Å². The summed E-state index contributed by atoms with van der Waals surface area (Å²) in [6.45, 7) is 6.51. The lowest BCUT2D eigenvalue weighted by molar-refractivity contribution is -0.102. The topological polar surface area (TPSA) is 64.9 Å². The van der Waals surface area contributed by atoms with E-state index in [-0.39, 0.29) is 22.3 Å². The summed E-state index contributed by atoms with van der Waals surface area (Å²) in [5.74, 6) is -0.0671. The average molecular weight is 438 g/mol. The summed E-state index contributed by atoms with van der Waals surface area (Å²) in [4.78, 5) is 15.4. The van der Waals surface area contributed by atoms with Crippen LogP contribution in [-0.2, 0) is 5.41 Å². The summed E-state index contributed by atoms with van der Waals surface area (Å²) in [7, 11) is 0. The Kier molecular flexibility index (Phi) is 5.32. The van der Waals surface area contributed by atoms with Crippen LogP contribution < -0.4 is 10.0 Å². The van der Waals surface area contributed by atoms with Gasteiger partial charge in [0.25, 0.3) is 5.91 Å². The molecule has 3 fully saturated rings. The highest BCUT2D eigenvalue weighted by molar-refractivity contribution is 8.00. The highest BCUT2D eigenvalue weighted by atomic mass is 32.2. The van der Waals surface area contributed by atoms with Crippen LogP contribution in [0.3, 0.4) is 0 Å². The van der Waals surface area contributed by atoms with Gasteiger partial charge in [0.05, 0.1) is 22.7 Å². The third-order valence-electron chi connectivity index (χ3n) is 6.11. The van der Waals surface area contributed by atoms with Crippen LogP contribution in [-0.4, -0.2) is 17.7 Å². The molecule has 30 heavy (non-hydrogen) atoms. The number of hydrogen-bond donors (Lipinski definition) is 2. The van der Waals surface area contributed by atoms with E-state index in [0.717, 1.165) is 29.8 Å². The molecule has 2 N–H and O–H groups in total. The molecule has 0 aromatic heterocycles. The van der Waals surface area contributed by atoms with Crippen LogP contribution in [0.1, 0.15) is 56.0 Å². The van der Waals surface area contributed by atoms with Crippen molar-refractivity contribution in [3.05, 3.63) is 53.6 Å². The van der Waals surface area contributed by atoms with Gasteiger partial charge < -0.3 is 10.0 Å². The molecule has 3 saturated carbocycles. The third kappa shape index (κ3) is 3.93. The summed E-state index contributed by atoms with van der Waals surface area (Å²) in [6, 6.07) is 16.8. The van der Waals surface area contributed by atoms with Gasteiger partial charge in [-0.25, -0.2) is 0 Å². The molecule has 2 aromatic rings. The van der Waals surface area contributed by atoms with Crippen molar-refractivity contribution in [2.45, 2.75) is 60.8 Å². The quantitative estimate of drug-likeness (QED) is 0.428. The molecule has 2 bridgehead atoms. The Morgan fingerprint density at radius 2 is 1.70 bits per heavy atom. The van der Waals surface area contributed by atoms with Crippen LogP contribution >= 0.6 is 23.7 Å². The molecule has 0 heterocycles. The molecule has 0 aliphatic heterocycles. The lowest BCUT2D eigenvalue weighted by Gasteiger charge is -2.66. The maximum Gasteiger partial charge on any atom is 0.253 e. The van der Waals surface area contributed by atoms with Gasteiger partial charge in [-0.1, -0.05) is 26.8 Å². The first-order valence-electron chi connectivity index (χ1n) is 10.1. The second kappa shape index (κ2) is 7.55. The summed E-state index contributed by atoms with van der Waals surface area (Å²) >= 11 is 3.23. The predicted octanol–water partition coefficient (Wildman–Crippen LogP) is 6.00. The van der Waals surface area contributed by atoms with Gasteiger partial charge in [-0.15, -0.1) is 11.8 Å². The van der Waals surface area contributed by atoms with Crippen LogP contribution in [0.5, 0.6) is 0 Å². The Labute approximate surface area is 187 Å². The maximum absolute atomic E-state index is 13.1. The molecule has 5 rings (SSSR count). The summed E-state index contributed by atoms with van der Waals surface area (Å²) in [5, 5.41) is 12.4. The van der Waals surface area contributed by atoms with Gasteiger partial charge in [0.15, 0.2) is 0 Å². The number of anilines is 1. The van der Waals surface area contributed by atoms with Gasteiger partial charge in [-0.3, -0.25) is 4.79 Å². The SMILES string of the molecule is CSc1ccc(SNc2cc(C(C)(C)C)ccc2C(=O)NC23CC(C#N)(C2)C3)cc1. The number of nitrogens with one attached hydrogen (secondary N) is 2. The molecule has 156 valence electrons. The molecule has 0 radical (unpaired) electrons. The van der Waals surface area contributed by atoms with Crippen LogP contribution in [0.15, 0.2) is 52.3 Å². The van der Waals surface area contributed by atoms with E-state index in [4.69, 9.17) is 0 Å². The molecular weight excluding hydrogens is 410 g/mol. The van der Waals surface area contributed by atoms with Crippen molar-refractivity contribution >= 4 is 35.3 Å².